The van der Waals surface area contributed by atoms with Crippen LogP contribution in [0, 0.1) is 5.92 Å². The highest BCUT2D eigenvalue weighted by atomic mass is 16.5. The lowest BCUT2D eigenvalue weighted by molar-refractivity contribution is 0.112. The topological polar surface area (TPSA) is 26.3 Å². The molecule has 0 amide bonds. The van der Waals surface area contributed by atoms with Gasteiger partial charge < -0.3 is 4.74 Å². The lowest BCUT2D eigenvalue weighted by atomic mass is 10.0. The van der Waals surface area contributed by atoms with Crippen LogP contribution in [0.25, 0.3) is 10.8 Å². The van der Waals surface area contributed by atoms with Crippen molar-refractivity contribution in [2.24, 2.45) is 5.92 Å². The molecule has 2 aromatic rings. The average Bonchev–Trinajstić information content (AvgIpc) is 2.47. The molecule has 0 fully saturated rings. The van der Waals surface area contributed by atoms with Crippen LogP contribution < -0.4 is 4.74 Å². The minimum Gasteiger partial charge on any atom is -0.493 e. The van der Waals surface area contributed by atoms with Crippen LogP contribution in [-0.2, 0) is 0 Å². The van der Waals surface area contributed by atoms with Crippen molar-refractivity contribution < 1.29 is 9.53 Å². The Labute approximate surface area is 114 Å². The lowest BCUT2D eigenvalue weighted by Gasteiger charge is -2.15. The Morgan fingerprint density at radius 2 is 1.84 bits per heavy atom. The fourth-order valence-electron chi connectivity index (χ4n) is 2.26. The number of hydrogen-bond donors (Lipinski definition) is 0. The summed E-state index contributed by atoms with van der Waals surface area (Å²) in [5.41, 5.74) is 0.657. The van der Waals surface area contributed by atoms with E-state index in [1.165, 1.54) is 0 Å². The first-order chi connectivity index (χ1) is 9.30. The molecule has 0 N–H and O–H groups in total. The number of aldehydes is 1. The Bertz CT molecular complexity index is 556. The maximum Gasteiger partial charge on any atom is 0.154 e. The van der Waals surface area contributed by atoms with Crippen molar-refractivity contribution in [2.75, 3.05) is 6.61 Å². The second kappa shape index (κ2) is 6.37. The number of carbonyl (C=O) groups is 1. The molecule has 0 aliphatic carbocycles. The van der Waals surface area contributed by atoms with Gasteiger partial charge in [-0.2, -0.15) is 0 Å². The van der Waals surface area contributed by atoms with Crippen molar-refractivity contribution in [3.8, 4) is 5.75 Å². The van der Waals surface area contributed by atoms with Crippen LogP contribution in [0.5, 0.6) is 5.75 Å². The zero-order chi connectivity index (χ0) is 13.7. The van der Waals surface area contributed by atoms with Crippen molar-refractivity contribution in [1.29, 1.82) is 0 Å². The van der Waals surface area contributed by atoms with Gasteiger partial charge in [-0.25, -0.2) is 0 Å². The van der Waals surface area contributed by atoms with Crippen molar-refractivity contribution in [3.05, 3.63) is 42.0 Å². The molecule has 0 atom stereocenters. The molecule has 0 aromatic heterocycles. The third kappa shape index (κ3) is 2.95. The maximum atomic E-state index is 11.3. The second-order valence-electron chi connectivity index (χ2n) is 4.81. The van der Waals surface area contributed by atoms with E-state index in [-0.39, 0.29) is 0 Å². The first kappa shape index (κ1) is 13.6. The molecular weight excluding hydrogens is 236 g/mol. The van der Waals surface area contributed by atoms with Gasteiger partial charge >= 0.3 is 0 Å². The van der Waals surface area contributed by atoms with Crippen LogP contribution in [0.1, 0.15) is 37.0 Å². The summed E-state index contributed by atoms with van der Waals surface area (Å²) < 4.78 is 5.85. The second-order valence-corrected chi connectivity index (χ2v) is 4.81. The van der Waals surface area contributed by atoms with Gasteiger partial charge in [0.25, 0.3) is 0 Å². The molecule has 0 saturated carbocycles. The lowest BCUT2D eigenvalue weighted by Crippen LogP contribution is -2.11. The molecule has 100 valence electrons. The van der Waals surface area contributed by atoms with Crippen LogP contribution in [0.3, 0.4) is 0 Å². The van der Waals surface area contributed by atoms with Crippen LogP contribution in [-0.4, -0.2) is 12.9 Å². The van der Waals surface area contributed by atoms with Crippen LogP contribution in [0.4, 0.5) is 0 Å². The minimum atomic E-state index is 0.547. The minimum absolute atomic E-state index is 0.547. The first-order valence-electron chi connectivity index (χ1n) is 6.89. The SMILES string of the molecule is CCC(CC)COc1ccc2ccccc2c1C=O. The quantitative estimate of drug-likeness (QED) is 0.713. The number of rotatable bonds is 6. The zero-order valence-electron chi connectivity index (χ0n) is 11.6. The molecule has 0 heterocycles. The molecule has 0 aliphatic heterocycles. The Morgan fingerprint density at radius 3 is 2.53 bits per heavy atom. The highest BCUT2D eigenvalue weighted by Gasteiger charge is 2.10. The first-order valence-corrected chi connectivity index (χ1v) is 6.89. The van der Waals surface area contributed by atoms with Gasteiger partial charge in [0.2, 0.25) is 0 Å². The number of benzene rings is 2. The molecule has 0 bridgehead atoms. The van der Waals surface area contributed by atoms with Gasteiger partial charge in [0.1, 0.15) is 5.75 Å². The monoisotopic (exact) mass is 256 g/mol. The Kier molecular flexibility index (Phi) is 4.56. The molecule has 0 saturated heterocycles. The average molecular weight is 256 g/mol. The largest absolute Gasteiger partial charge is 0.493 e. The summed E-state index contributed by atoms with van der Waals surface area (Å²) in [4.78, 5) is 11.3. The van der Waals surface area contributed by atoms with Crippen LogP contribution in [0.15, 0.2) is 36.4 Å². The van der Waals surface area contributed by atoms with E-state index in [2.05, 4.69) is 13.8 Å². The predicted molar refractivity (Wildman–Crippen MR) is 78.9 cm³/mol. The molecule has 19 heavy (non-hydrogen) atoms. The van der Waals surface area contributed by atoms with Gasteiger partial charge in [-0.15, -0.1) is 0 Å². The number of ether oxygens (including phenoxy) is 1. The van der Waals surface area contributed by atoms with E-state index in [1.54, 1.807) is 0 Å². The number of carbonyl (C=O) groups excluding carboxylic acids is 1. The van der Waals surface area contributed by atoms with E-state index in [0.717, 1.165) is 29.9 Å². The Balaban J connectivity index is 2.30. The van der Waals surface area contributed by atoms with Gasteiger partial charge in [-0.05, 0) is 22.8 Å². The summed E-state index contributed by atoms with van der Waals surface area (Å²) in [6.45, 7) is 5.00. The molecule has 2 aromatic carbocycles. The summed E-state index contributed by atoms with van der Waals surface area (Å²) in [7, 11) is 0. The summed E-state index contributed by atoms with van der Waals surface area (Å²) in [6.07, 6.45) is 3.09. The molecule has 0 unspecified atom stereocenters. The van der Waals surface area contributed by atoms with Crippen molar-refractivity contribution >= 4 is 17.1 Å². The maximum absolute atomic E-state index is 11.3. The van der Waals surface area contributed by atoms with Gasteiger partial charge in [-0.1, -0.05) is 57.0 Å². The van der Waals surface area contributed by atoms with Gasteiger partial charge in [0.05, 0.1) is 12.2 Å². The summed E-state index contributed by atoms with van der Waals surface area (Å²) in [6, 6.07) is 11.8. The van der Waals surface area contributed by atoms with E-state index < -0.39 is 0 Å². The molecule has 0 radical (unpaired) electrons. The van der Waals surface area contributed by atoms with Gasteiger partial charge in [0, 0.05) is 0 Å². The third-order valence-corrected chi connectivity index (χ3v) is 3.68. The van der Waals surface area contributed by atoms with Crippen molar-refractivity contribution in [1.82, 2.24) is 0 Å². The highest BCUT2D eigenvalue weighted by Crippen LogP contribution is 2.27. The van der Waals surface area contributed by atoms with E-state index in [9.17, 15) is 4.79 Å². The van der Waals surface area contributed by atoms with Gasteiger partial charge in [-0.3, -0.25) is 4.79 Å². The fraction of sp³-hybridized carbons (Fsp3) is 0.353. The summed E-state index contributed by atoms with van der Waals surface area (Å²) in [5.74, 6) is 1.24. The normalized spacial score (nSPS) is 10.9. The van der Waals surface area contributed by atoms with E-state index in [4.69, 9.17) is 4.74 Å². The molecule has 2 heteroatoms. The molecule has 0 spiro atoms. The van der Waals surface area contributed by atoms with Crippen LogP contribution >= 0.6 is 0 Å². The number of fused-ring (bicyclic) bond motifs is 1. The zero-order valence-corrected chi connectivity index (χ0v) is 11.6. The van der Waals surface area contributed by atoms with E-state index in [0.29, 0.717) is 23.8 Å². The standard InChI is InChI=1S/C17H20O2/c1-3-13(4-2)12-19-17-10-9-14-7-5-6-8-15(14)16(17)11-18/h5-11,13H,3-4,12H2,1-2H3. The highest BCUT2D eigenvalue weighted by molar-refractivity contribution is 6.00. The van der Waals surface area contributed by atoms with E-state index >= 15 is 0 Å². The molecule has 2 rings (SSSR count). The summed E-state index contributed by atoms with van der Waals surface area (Å²) >= 11 is 0. The van der Waals surface area contributed by atoms with Crippen molar-refractivity contribution in [2.45, 2.75) is 26.7 Å². The van der Waals surface area contributed by atoms with Crippen molar-refractivity contribution in [3.63, 3.8) is 0 Å². The predicted octanol–water partition coefficient (Wildman–Crippen LogP) is 4.47. The molecule has 0 aliphatic rings. The Morgan fingerprint density at radius 1 is 1.11 bits per heavy atom. The van der Waals surface area contributed by atoms with E-state index in [1.807, 2.05) is 36.4 Å². The molecule has 2 nitrogen and oxygen atoms in total. The molecular formula is C17H20O2. The summed E-state index contributed by atoms with van der Waals surface area (Å²) in [5, 5.41) is 2.03. The van der Waals surface area contributed by atoms with Gasteiger partial charge in [0.15, 0.2) is 6.29 Å². The third-order valence-electron chi connectivity index (χ3n) is 3.68. The smallest absolute Gasteiger partial charge is 0.154 e. The Hall–Kier alpha value is -1.83. The van der Waals surface area contributed by atoms with Crippen LogP contribution in [0.2, 0.25) is 0 Å². The fourth-order valence-corrected chi connectivity index (χ4v) is 2.26. The number of hydrogen-bond acceptors (Lipinski definition) is 2.